The Bertz CT molecular complexity index is 1540. The number of H-pyrrole nitrogens is 1. The lowest BCUT2D eigenvalue weighted by Gasteiger charge is -2.21. The van der Waals surface area contributed by atoms with Crippen molar-refractivity contribution in [2.75, 3.05) is 11.4 Å². The number of nitrogens with zero attached hydrogens (tertiary/aromatic N) is 4. The number of rotatable bonds is 5. The van der Waals surface area contributed by atoms with Crippen molar-refractivity contribution in [3.63, 3.8) is 0 Å². The van der Waals surface area contributed by atoms with E-state index in [4.69, 9.17) is 23.2 Å². The third-order valence-corrected chi connectivity index (χ3v) is 6.06. The maximum Gasteiger partial charge on any atom is 0.586 e. The first-order chi connectivity index (χ1) is 16.7. The zero-order valence-electron chi connectivity index (χ0n) is 17.9. The Morgan fingerprint density at radius 1 is 1.14 bits per heavy atom. The fraction of sp³-hybridized carbons (Fsp3) is 0.182. The van der Waals surface area contributed by atoms with Gasteiger partial charge in [0, 0.05) is 23.9 Å². The van der Waals surface area contributed by atoms with E-state index in [0.717, 1.165) is 4.68 Å². The smallest absolute Gasteiger partial charge is 0.395 e. The van der Waals surface area contributed by atoms with Crippen molar-refractivity contribution in [3.8, 4) is 22.8 Å². The summed E-state index contributed by atoms with van der Waals surface area (Å²) in [4.78, 5) is 34.4. The standard InChI is InChI=1S/C22H15Cl2F2N5O4/c1-2-30(12-4-6-15-16(8-12)35-22(25,26)34-15)17(32)9-31-21(33)20-19(27-10-28-20)18(29-31)11-3-5-13(23)14(24)7-11/h3-8,10H,2,9H2,1H3,(H,27,28). The van der Waals surface area contributed by atoms with Gasteiger partial charge < -0.3 is 19.4 Å². The lowest BCUT2D eigenvalue weighted by atomic mass is 10.1. The van der Waals surface area contributed by atoms with E-state index in [2.05, 4.69) is 24.5 Å². The Hall–Kier alpha value is -3.70. The number of halogens is 4. The van der Waals surface area contributed by atoms with E-state index in [0.29, 0.717) is 21.8 Å². The molecule has 2 aromatic heterocycles. The number of aromatic nitrogens is 4. The highest BCUT2D eigenvalue weighted by Gasteiger charge is 2.43. The summed E-state index contributed by atoms with van der Waals surface area (Å²) >= 11 is 12.2. The molecule has 180 valence electrons. The number of imidazole rings is 1. The van der Waals surface area contributed by atoms with Gasteiger partial charge in [-0.3, -0.25) is 9.59 Å². The lowest BCUT2D eigenvalue weighted by molar-refractivity contribution is -0.286. The molecule has 0 aliphatic carbocycles. The first-order valence-corrected chi connectivity index (χ1v) is 11.0. The molecule has 35 heavy (non-hydrogen) atoms. The summed E-state index contributed by atoms with van der Waals surface area (Å²) in [6, 6.07) is 8.85. The number of nitrogens with one attached hydrogen (secondary N) is 1. The highest BCUT2D eigenvalue weighted by atomic mass is 35.5. The van der Waals surface area contributed by atoms with Crippen LogP contribution in [0.2, 0.25) is 10.0 Å². The average molecular weight is 522 g/mol. The Morgan fingerprint density at radius 2 is 1.91 bits per heavy atom. The fourth-order valence-electron chi connectivity index (χ4n) is 3.75. The van der Waals surface area contributed by atoms with E-state index in [-0.39, 0.29) is 34.3 Å². The van der Waals surface area contributed by atoms with Crippen molar-refractivity contribution >= 4 is 45.8 Å². The summed E-state index contributed by atoms with van der Waals surface area (Å²) < 4.78 is 36.6. The van der Waals surface area contributed by atoms with Gasteiger partial charge in [-0.25, -0.2) is 9.67 Å². The SMILES string of the molecule is CCN(C(=O)Cn1nc(-c2ccc(Cl)c(Cl)c2)c2[nH]cnc2c1=O)c1ccc2c(c1)OC(F)(F)O2. The van der Waals surface area contributed by atoms with Crippen LogP contribution in [0.15, 0.2) is 47.5 Å². The Kier molecular flexibility index (Phi) is 5.60. The highest BCUT2D eigenvalue weighted by molar-refractivity contribution is 6.42. The molecule has 1 amide bonds. The van der Waals surface area contributed by atoms with Crippen molar-refractivity contribution in [1.82, 2.24) is 19.7 Å². The van der Waals surface area contributed by atoms with Crippen molar-refractivity contribution in [2.45, 2.75) is 19.8 Å². The van der Waals surface area contributed by atoms with E-state index in [1.807, 2.05) is 0 Å². The number of carbonyl (C=O) groups excluding carboxylic acids is 1. The van der Waals surface area contributed by atoms with E-state index in [1.165, 1.54) is 29.4 Å². The quantitative estimate of drug-likeness (QED) is 0.415. The van der Waals surface area contributed by atoms with Gasteiger partial charge in [-0.2, -0.15) is 5.10 Å². The summed E-state index contributed by atoms with van der Waals surface area (Å²) in [5.41, 5.74) is 1.06. The number of carbonyl (C=O) groups is 1. The lowest BCUT2D eigenvalue weighted by Crippen LogP contribution is -2.37. The molecule has 0 fully saturated rings. The monoisotopic (exact) mass is 521 g/mol. The Balaban J connectivity index is 1.50. The molecule has 1 N–H and O–H groups in total. The van der Waals surface area contributed by atoms with Crippen LogP contribution in [0.5, 0.6) is 11.5 Å². The number of amides is 1. The number of ether oxygens (including phenoxy) is 2. The van der Waals surface area contributed by atoms with Crippen molar-refractivity contribution in [1.29, 1.82) is 0 Å². The summed E-state index contributed by atoms with van der Waals surface area (Å²) in [6.45, 7) is 1.45. The maximum atomic E-state index is 13.4. The predicted molar refractivity (Wildman–Crippen MR) is 124 cm³/mol. The molecule has 0 saturated carbocycles. The van der Waals surface area contributed by atoms with Crippen LogP contribution < -0.4 is 19.9 Å². The molecule has 0 saturated heterocycles. The Labute approximate surface area is 205 Å². The van der Waals surface area contributed by atoms with Gasteiger partial charge in [0.2, 0.25) is 5.91 Å². The summed E-state index contributed by atoms with van der Waals surface area (Å²) in [5, 5.41) is 5.02. The second-order valence-electron chi connectivity index (χ2n) is 7.50. The third kappa shape index (κ3) is 4.17. The molecule has 0 radical (unpaired) electrons. The van der Waals surface area contributed by atoms with Crippen LogP contribution in [0.25, 0.3) is 22.3 Å². The van der Waals surface area contributed by atoms with Crippen LogP contribution in [0.4, 0.5) is 14.5 Å². The van der Waals surface area contributed by atoms with Crippen LogP contribution in [-0.2, 0) is 11.3 Å². The maximum absolute atomic E-state index is 13.4. The number of aromatic amines is 1. The van der Waals surface area contributed by atoms with Crippen LogP contribution in [0, 0.1) is 0 Å². The molecule has 3 heterocycles. The van der Waals surface area contributed by atoms with E-state index >= 15 is 0 Å². The number of alkyl halides is 2. The number of fused-ring (bicyclic) bond motifs is 2. The normalized spacial score (nSPS) is 13.9. The highest BCUT2D eigenvalue weighted by Crippen LogP contribution is 2.42. The van der Waals surface area contributed by atoms with Gasteiger partial charge in [0.1, 0.15) is 12.2 Å². The minimum atomic E-state index is -3.78. The van der Waals surface area contributed by atoms with Crippen molar-refractivity contribution < 1.29 is 23.0 Å². The molecular weight excluding hydrogens is 507 g/mol. The molecule has 2 aromatic carbocycles. The van der Waals surface area contributed by atoms with E-state index in [1.54, 1.807) is 25.1 Å². The van der Waals surface area contributed by atoms with Crippen LogP contribution in [0.3, 0.4) is 0 Å². The van der Waals surface area contributed by atoms with Gasteiger partial charge in [-0.05, 0) is 31.2 Å². The van der Waals surface area contributed by atoms with Crippen LogP contribution in [-0.4, -0.2) is 38.5 Å². The van der Waals surface area contributed by atoms with Crippen molar-refractivity contribution in [2.24, 2.45) is 0 Å². The third-order valence-electron chi connectivity index (χ3n) is 5.33. The van der Waals surface area contributed by atoms with Gasteiger partial charge in [-0.15, -0.1) is 8.78 Å². The van der Waals surface area contributed by atoms with Gasteiger partial charge >= 0.3 is 6.29 Å². The molecule has 0 atom stereocenters. The topological polar surface area (TPSA) is 102 Å². The predicted octanol–water partition coefficient (Wildman–Crippen LogP) is 4.47. The molecule has 4 aromatic rings. The van der Waals surface area contributed by atoms with Crippen LogP contribution in [0.1, 0.15) is 6.92 Å². The number of anilines is 1. The molecule has 1 aliphatic heterocycles. The number of hydrogen-bond acceptors (Lipinski definition) is 6. The summed E-state index contributed by atoms with van der Waals surface area (Å²) in [5.74, 6) is -0.855. The molecule has 0 unspecified atom stereocenters. The van der Waals surface area contributed by atoms with Gasteiger partial charge in [0.15, 0.2) is 17.0 Å². The minimum absolute atomic E-state index is 0.0854. The summed E-state index contributed by atoms with van der Waals surface area (Å²) in [6.07, 6.45) is -2.43. The van der Waals surface area contributed by atoms with E-state index in [9.17, 15) is 18.4 Å². The first-order valence-electron chi connectivity index (χ1n) is 10.3. The molecule has 9 nitrogen and oxygen atoms in total. The fourth-order valence-corrected chi connectivity index (χ4v) is 4.05. The molecule has 1 aliphatic rings. The molecule has 0 bridgehead atoms. The average Bonchev–Trinajstić information content (AvgIpc) is 3.41. The number of benzene rings is 2. The van der Waals surface area contributed by atoms with E-state index < -0.39 is 24.3 Å². The second-order valence-corrected chi connectivity index (χ2v) is 8.32. The van der Waals surface area contributed by atoms with Gasteiger partial charge in [-0.1, -0.05) is 29.3 Å². The molecule has 0 spiro atoms. The first kappa shape index (κ1) is 23.1. The zero-order chi connectivity index (χ0) is 24.9. The largest absolute Gasteiger partial charge is 0.586 e. The minimum Gasteiger partial charge on any atom is -0.395 e. The molecular formula is C22H15Cl2F2N5O4. The zero-order valence-corrected chi connectivity index (χ0v) is 19.4. The van der Waals surface area contributed by atoms with Gasteiger partial charge in [0.05, 0.1) is 21.9 Å². The van der Waals surface area contributed by atoms with Crippen molar-refractivity contribution in [3.05, 3.63) is 63.1 Å². The Morgan fingerprint density at radius 3 is 2.66 bits per heavy atom. The molecule has 5 rings (SSSR count). The van der Waals surface area contributed by atoms with Gasteiger partial charge in [0.25, 0.3) is 5.56 Å². The number of likely N-dealkylation sites (N-methyl/N-ethyl adjacent to an activating group) is 1. The van der Waals surface area contributed by atoms with Crippen LogP contribution >= 0.6 is 23.2 Å². The number of hydrogen-bond donors (Lipinski definition) is 1. The summed E-state index contributed by atoms with van der Waals surface area (Å²) in [7, 11) is 0. The second kappa shape index (κ2) is 8.51. The molecule has 13 heteroatoms.